The maximum absolute atomic E-state index is 13.3. The quantitative estimate of drug-likeness (QED) is 0.489. The molecule has 1 amide bonds. The van der Waals surface area contributed by atoms with Crippen molar-refractivity contribution >= 4 is 27.6 Å². The Labute approximate surface area is 211 Å². The van der Waals surface area contributed by atoms with Gasteiger partial charge in [0.15, 0.2) is 5.03 Å². The Balaban J connectivity index is 1.71. The zero-order valence-electron chi connectivity index (χ0n) is 20.7. The first-order chi connectivity index (χ1) is 17.0. The summed E-state index contributed by atoms with van der Waals surface area (Å²) in [6.07, 6.45) is 3.53. The number of anilines is 2. The van der Waals surface area contributed by atoms with Gasteiger partial charge in [0.05, 0.1) is 17.4 Å². The zero-order chi connectivity index (χ0) is 26.0. The molecular formula is C25H30N6O4S. The number of ether oxygens (including phenoxy) is 1. The van der Waals surface area contributed by atoms with Crippen LogP contribution in [0, 0.1) is 0 Å². The van der Waals surface area contributed by atoms with Gasteiger partial charge in [0.2, 0.25) is 5.88 Å². The van der Waals surface area contributed by atoms with E-state index in [0.717, 1.165) is 18.4 Å². The lowest BCUT2D eigenvalue weighted by molar-refractivity contribution is 0.0981. The number of amides is 1. The van der Waals surface area contributed by atoms with Gasteiger partial charge in [0, 0.05) is 29.9 Å². The molecule has 190 valence electrons. The average molecular weight is 511 g/mol. The molecule has 3 aromatic rings. The molecule has 0 saturated carbocycles. The summed E-state index contributed by atoms with van der Waals surface area (Å²) >= 11 is 0. The summed E-state index contributed by atoms with van der Waals surface area (Å²) in [5, 5.41) is -0.334. The standard InChI is InChI=1S/C25H30N6O4S/c1-15(2)35-22-13-10-18(14-27-22)20-12-11-19(24(28-20)31-16(3)8-9-17(31)4)25(32)30-36(33,34)23-7-5-6-21(26)29-23/h5-7,10-17H,8-9H2,1-4H3,(H2,26,29)(H,30,32)/t16-,17+. The van der Waals surface area contributed by atoms with E-state index in [1.54, 1.807) is 24.4 Å². The fourth-order valence-corrected chi connectivity index (χ4v) is 5.19. The minimum atomic E-state index is -4.24. The fraction of sp³-hybridized carbons (Fsp3) is 0.360. The van der Waals surface area contributed by atoms with Crippen molar-refractivity contribution in [1.82, 2.24) is 19.7 Å². The van der Waals surface area contributed by atoms with E-state index < -0.39 is 15.9 Å². The van der Waals surface area contributed by atoms with Gasteiger partial charge in [-0.25, -0.2) is 19.7 Å². The molecule has 4 heterocycles. The molecule has 0 unspecified atom stereocenters. The molecule has 1 aliphatic heterocycles. The Bertz CT molecular complexity index is 1350. The highest BCUT2D eigenvalue weighted by Crippen LogP contribution is 2.33. The number of hydrogen-bond donors (Lipinski definition) is 2. The van der Waals surface area contributed by atoms with Crippen LogP contribution in [0.3, 0.4) is 0 Å². The van der Waals surface area contributed by atoms with Crippen LogP contribution >= 0.6 is 0 Å². The van der Waals surface area contributed by atoms with E-state index in [4.69, 9.17) is 15.5 Å². The Hall–Kier alpha value is -3.73. The topological polar surface area (TPSA) is 140 Å². The largest absolute Gasteiger partial charge is 0.475 e. The third-order valence-electron chi connectivity index (χ3n) is 5.95. The van der Waals surface area contributed by atoms with Crippen LogP contribution in [-0.4, -0.2) is 47.5 Å². The van der Waals surface area contributed by atoms with Crippen molar-refractivity contribution in [2.45, 2.75) is 63.8 Å². The van der Waals surface area contributed by atoms with Crippen molar-refractivity contribution in [3.63, 3.8) is 0 Å². The summed E-state index contributed by atoms with van der Waals surface area (Å²) in [6.45, 7) is 7.97. The Morgan fingerprint density at radius 2 is 1.81 bits per heavy atom. The van der Waals surface area contributed by atoms with Gasteiger partial charge in [0.25, 0.3) is 15.9 Å². The molecular weight excluding hydrogens is 480 g/mol. The number of aromatic nitrogens is 3. The van der Waals surface area contributed by atoms with Gasteiger partial charge in [-0.1, -0.05) is 6.07 Å². The molecule has 1 aliphatic rings. The van der Waals surface area contributed by atoms with Crippen molar-refractivity contribution in [3.05, 3.63) is 54.2 Å². The lowest BCUT2D eigenvalue weighted by Gasteiger charge is -2.29. The second-order valence-electron chi connectivity index (χ2n) is 9.14. The molecule has 0 aliphatic carbocycles. The maximum atomic E-state index is 13.3. The minimum Gasteiger partial charge on any atom is -0.475 e. The third-order valence-corrected chi connectivity index (χ3v) is 7.18. The van der Waals surface area contributed by atoms with Crippen molar-refractivity contribution < 1.29 is 17.9 Å². The summed E-state index contributed by atoms with van der Waals surface area (Å²) in [5.41, 5.74) is 7.13. The van der Waals surface area contributed by atoms with E-state index in [1.165, 1.54) is 18.2 Å². The van der Waals surface area contributed by atoms with Gasteiger partial charge in [-0.15, -0.1) is 0 Å². The molecule has 3 aromatic heterocycles. The normalized spacial score (nSPS) is 17.9. The van der Waals surface area contributed by atoms with Crippen molar-refractivity contribution in [3.8, 4) is 17.1 Å². The van der Waals surface area contributed by atoms with Gasteiger partial charge >= 0.3 is 0 Å². The summed E-state index contributed by atoms with van der Waals surface area (Å²) in [7, 11) is -4.24. The number of carbonyl (C=O) groups is 1. The zero-order valence-corrected chi connectivity index (χ0v) is 21.5. The average Bonchev–Trinajstić information content (AvgIpc) is 3.16. The molecule has 0 aromatic carbocycles. The van der Waals surface area contributed by atoms with Gasteiger partial charge in [-0.3, -0.25) is 4.79 Å². The van der Waals surface area contributed by atoms with Crippen molar-refractivity contribution in [1.29, 1.82) is 0 Å². The molecule has 4 rings (SSSR count). The van der Waals surface area contributed by atoms with Crippen LogP contribution in [0.25, 0.3) is 11.3 Å². The van der Waals surface area contributed by atoms with Crippen LogP contribution in [0.2, 0.25) is 0 Å². The number of nitrogens with one attached hydrogen (secondary N) is 1. The number of pyridine rings is 3. The summed E-state index contributed by atoms with van der Waals surface area (Å²) in [6, 6.07) is 11.3. The van der Waals surface area contributed by atoms with Crippen molar-refractivity contribution in [2.75, 3.05) is 10.6 Å². The van der Waals surface area contributed by atoms with E-state index in [-0.39, 0.29) is 34.6 Å². The molecule has 2 atom stereocenters. The number of nitrogens with two attached hydrogens (primary N) is 1. The highest BCUT2D eigenvalue weighted by molar-refractivity contribution is 7.90. The Morgan fingerprint density at radius 3 is 2.42 bits per heavy atom. The van der Waals surface area contributed by atoms with Gasteiger partial charge < -0.3 is 15.4 Å². The molecule has 11 heteroatoms. The predicted octanol–water partition coefficient (Wildman–Crippen LogP) is 3.40. The monoisotopic (exact) mass is 510 g/mol. The number of rotatable bonds is 7. The second-order valence-corrected chi connectivity index (χ2v) is 10.8. The third kappa shape index (κ3) is 5.40. The van der Waals surface area contributed by atoms with E-state index in [2.05, 4.69) is 33.4 Å². The molecule has 10 nitrogen and oxygen atoms in total. The highest BCUT2D eigenvalue weighted by Gasteiger charge is 2.33. The van der Waals surface area contributed by atoms with Crippen LogP contribution < -0.4 is 20.1 Å². The van der Waals surface area contributed by atoms with Gasteiger partial charge in [0.1, 0.15) is 11.6 Å². The van der Waals surface area contributed by atoms with Crippen LogP contribution in [-0.2, 0) is 10.0 Å². The molecule has 1 fully saturated rings. The van der Waals surface area contributed by atoms with Crippen LogP contribution in [0.1, 0.15) is 50.9 Å². The SMILES string of the molecule is CC(C)Oc1ccc(-c2ccc(C(=O)NS(=O)(=O)c3cccc(N)n3)c(N3[C@H](C)CC[C@@H]3C)n2)cn1. The first-order valence-electron chi connectivity index (χ1n) is 11.8. The number of carbonyl (C=O) groups excluding carboxylic acids is 1. The molecule has 0 spiro atoms. The van der Waals surface area contributed by atoms with Crippen LogP contribution in [0.15, 0.2) is 53.7 Å². The van der Waals surface area contributed by atoms with Gasteiger partial charge in [-0.05, 0) is 70.9 Å². The summed E-state index contributed by atoms with van der Waals surface area (Å²) < 4.78 is 33.4. The number of hydrogen-bond acceptors (Lipinski definition) is 9. The van der Waals surface area contributed by atoms with Gasteiger partial charge in [-0.2, -0.15) is 8.42 Å². The van der Waals surface area contributed by atoms with E-state index in [1.807, 2.05) is 19.9 Å². The minimum absolute atomic E-state index is 0.00261. The Morgan fingerprint density at radius 1 is 1.08 bits per heavy atom. The number of sulfonamides is 1. The lowest BCUT2D eigenvalue weighted by Crippen LogP contribution is -2.37. The van der Waals surface area contributed by atoms with Crippen LogP contribution in [0.4, 0.5) is 11.6 Å². The Kier molecular flexibility index (Phi) is 7.11. The van der Waals surface area contributed by atoms with E-state index in [9.17, 15) is 13.2 Å². The maximum Gasteiger partial charge on any atom is 0.281 e. The van der Waals surface area contributed by atoms with E-state index in [0.29, 0.717) is 17.4 Å². The highest BCUT2D eigenvalue weighted by atomic mass is 32.2. The summed E-state index contributed by atoms with van der Waals surface area (Å²) in [5.74, 6) is 0.168. The van der Waals surface area contributed by atoms with Crippen molar-refractivity contribution in [2.24, 2.45) is 0 Å². The number of nitrogen functional groups attached to an aromatic ring is 1. The molecule has 0 radical (unpaired) electrons. The second kappa shape index (κ2) is 10.1. The smallest absolute Gasteiger partial charge is 0.281 e. The molecule has 3 N–H and O–H groups in total. The fourth-order valence-electron chi connectivity index (χ4n) is 4.25. The molecule has 36 heavy (non-hydrogen) atoms. The first-order valence-corrected chi connectivity index (χ1v) is 13.3. The lowest BCUT2D eigenvalue weighted by atomic mass is 10.1. The number of nitrogens with zero attached hydrogens (tertiary/aromatic N) is 4. The summed E-state index contributed by atoms with van der Waals surface area (Å²) in [4.78, 5) is 28.3. The molecule has 1 saturated heterocycles. The first kappa shape index (κ1) is 25.4. The van der Waals surface area contributed by atoms with Crippen LogP contribution in [0.5, 0.6) is 5.88 Å². The molecule has 0 bridgehead atoms. The predicted molar refractivity (Wildman–Crippen MR) is 137 cm³/mol. The van der Waals surface area contributed by atoms with E-state index >= 15 is 0 Å².